The lowest BCUT2D eigenvalue weighted by Crippen LogP contribution is -2.18. The van der Waals surface area contributed by atoms with Gasteiger partial charge in [0, 0.05) is 23.3 Å². The van der Waals surface area contributed by atoms with Gasteiger partial charge in [0.05, 0.1) is 5.56 Å². The van der Waals surface area contributed by atoms with Crippen LogP contribution in [0, 0.1) is 5.82 Å². The Labute approximate surface area is 125 Å². The number of rotatable bonds is 3. The number of carbonyl (C=O) groups excluding carboxylic acids is 2. The first-order valence-electron chi connectivity index (χ1n) is 6.10. The lowest BCUT2D eigenvalue weighted by molar-refractivity contribution is 0.0962. The Morgan fingerprint density at radius 3 is 2.29 bits per heavy atom. The Morgan fingerprint density at radius 2 is 1.71 bits per heavy atom. The van der Waals surface area contributed by atoms with Gasteiger partial charge in [-0.05, 0) is 42.5 Å². The van der Waals surface area contributed by atoms with E-state index in [1.165, 1.54) is 19.2 Å². The Hall–Kier alpha value is -2.40. The minimum absolute atomic E-state index is 0.102. The average molecular weight is 307 g/mol. The molecule has 0 aromatic heterocycles. The van der Waals surface area contributed by atoms with E-state index in [0.717, 1.165) is 6.07 Å². The van der Waals surface area contributed by atoms with E-state index in [9.17, 15) is 14.0 Å². The summed E-state index contributed by atoms with van der Waals surface area (Å²) in [6.45, 7) is 0. The smallest absolute Gasteiger partial charge is 0.258 e. The van der Waals surface area contributed by atoms with Gasteiger partial charge in [0.2, 0.25) is 0 Å². The second-order valence-electron chi connectivity index (χ2n) is 4.23. The molecule has 0 aliphatic rings. The maximum absolute atomic E-state index is 13.6. The van der Waals surface area contributed by atoms with Crippen LogP contribution < -0.4 is 10.6 Å². The lowest BCUT2D eigenvalue weighted by atomic mass is 10.1. The van der Waals surface area contributed by atoms with Gasteiger partial charge in [-0.25, -0.2) is 4.39 Å². The van der Waals surface area contributed by atoms with Crippen LogP contribution in [0.2, 0.25) is 5.02 Å². The molecule has 21 heavy (non-hydrogen) atoms. The number of halogens is 2. The van der Waals surface area contributed by atoms with Gasteiger partial charge in [0.25, 0.3) is 11.8 Å². The highest BCUT2D eigenvalue weighted by Crippen LogP contribution is 2.17. The van der Waals surface area contributed by atoms with E-state index in [-0.39, 0.29) is 16.5 Å². The summed E-state index contributed by atoms with van der Waals surface area (Å²) < 4.78 is 13.6. The van der Waals surface area contributed by atoms with E-state index in [2.05, 4.69) is 10.6 Å². The fraction of sp³-hybridized carbons (Fsp3) is 0.0667. The second-order valence-corrected chi connectivity index (χ2v) is 4.67. The van der Waals surface area contributed by atoms with Crippen LogP contribution in [0.4, 0.5) is 10.1 Å². The first kappa shape index (κ1) is 15.0. The molecule has 2 N–H and O–H groups in total. The van der Waals surface area contributed by atoms with Crippen molar-refractivity contribution in [2.75, 3.05) is 12.4 Å². The summed E-state index contributed by atoms with van der Waals surface area (Å²) in [5.41, 5.74) is 0.824. The first-order valence-corrected chi connectivity index (χ1v) is 6.47. The standard InChI is InChI=1S/C15H12ClFN2O2/c1-18-14(20)9-2-5-11(6-3-9)19-15(21)12-7-4-10(16)8-13(12)17/h2-8H,1H3,(H,18,20)(H,19,21). The normalized spacial score (nSPS) is 10.0. The van der Waals surface area contributed by atoms with E-state index in [1.807, 2.05) is 0 Å². The van der Waals surface area contributed by atoms with Crippen LogP contribution in [0.25, 0.3) is 0 Å². The average Bonchev–Trinajstić information content (AvgIpc) is 2.47. The molecule has 0 unspecified atom stereocenters. The van der Waals surface area contributed by atoms with Crippen LogP contribution in [0.1, 0.15) is 20.7 Å². The van der Waals surface area contributed by atoms with Gasteiger partial charge in [0.1, 0.15) is 5.82 Å². The highest BCUT2D eigenvalue weighted by Gasteiger charge is 2.12. The molecule has 0 radical (unpaired) electrons. The molecule has 0 aliphatic carbocycles. The highest BCUT2D eigenvalue weighted by atomic mass is 35.5. The van der Waals surface area contributed by atoms with Crippen molar-refractivity contribution in [2.24, 2.45) is 0 Å². The SMILES string of the molecule is CNC(=O)c1ccc(NC(=O)c2ccc(Cl)cc2F)cc1. The van der Waals surface area contributed by atoms with Crippen LogP contribution in [0.5, 0.6) is 0 Å². The zero-order chi connectivity index (χ0) is 15.4. The molecule has 2 aromatic rings. The van der Waals surface area contributed by atoms with E-state index in [0.29, 0.717) is 11.3 Å². The zero-order valence-electron chi connectivity index (χ0n) is 11.1. The van der Waals surface area contributed by atoms with Crippen molar-refractivity contribution in [2.45, 2.75) is 0 Å². The quantitative estimate of drug-likeness (QED) is 0.915. The molecular weight excluding hydrogens is 295 g/mol. The number of benzene rings is 2. The van der Waals surface area contributed by atoms with Gasteiger partial charge in [0.15, 0.2) is 0 Å². The van der Waals surface area contributed by atoms with Crippen LogP contribution in [-0.2, 0) is 0 Å². The van der Waals surface area contributed by atoms with Crippen molar-refractivity contribution in [1.29, 1.82) is 0 Å². The van der Waals surface area contributed by atoms with E-state index >= 15 is 0 Å². The predicted octanol–water partition coefficient (Wildman–Crippen LogP) is 3.09. The summed E-state index contributed by atoms with van der Waals surface area (Å²) in [7, 11) is 1.53. The Kier molecular flexibility index (Phi) is 4.55. The number of carbonyl (C=O) groups is 2. The van der Waals surface area contributed by atoms with Crippen molar-refractivity contribution in [3.63, 3.8) is 0 Å². The maximum Gasteiger partial charge on any atom is 0.258 e. The minimum atomic E-state index is -0.693. The largest absolute Gasteiger partial charge is 0.355 e. The van der Waals surface area contributed by atoms with E-state index < -0.39 is 11.7 Å². The topological polar surface area (TPSA) is 58.2 Å². The van der Waals surface area contributed by atoms with Crippen molar-refractivity contribution in [3.8, 4) is 0 Å². The van der Waals surface area contributed by atoms with Gasteiger partial charge >= 0.3 is 0 Å². The highest BCUT2D eigenvalue weighted by molar-refractivity contribution is 6.30. The molecule has 0 saturated carbocycles. The Balaban J connectivity index is 2.14. The Bertz CT molecular complexity index is 687. The van der Waals surface area contributed by atoms with Crippen LogP contribution in [-0.4, -0.2) is 18.9 Å². The van der Waals surface area contributed by atoms with Crippen LogP contribution >= 0.6 is 11.6 Å². The molecule has 4 nitrogen and oxygen atoms in total. The molecule has 2 rings (SSSR count). The molecule has 6 heteroatoms. The summed E-state index contributed by atoms with van der Waals surface area (Å²) in [6.07, 6.45) is 0. The van der Waals surface area contributed by atoms with Crippen molar-refractivity contribution >= 4 is 29.1 Å². The third kappa shape index (κ3) is 3.58. The van der Waals surface area contributed by atoms with Crippen LogP contribution in [0.3, 0.4) is 0 Å². The summed E-state index contributed by atoms with van der Waals surface area (Å²) in [5, 5.41) is 5.26. The number of hydrogen-bond donors (Lipinski definition) is 2. The van der Waals surface area contributed by atoms with Crippen molar-refractivity contribution in [3.05, 3.63) is 64.4 Å². The summed E-state index contributed by atoms with van der Waals surface area (Å²) in [6, 6.07) is 10.1. The fourth-order valence-electron chi connectivity index (χ4n) is 1.72. The second kappa shape index (κ2) is 6.37. The zero-order valence-corrected chi connectivity index (χ0v) is 11.9. The van der Waals surface area contributed by atoms with Crippen molar-refractivity contribution in [1.82, 2.24) is 5.32 Å². The van der Waals surface area contributed by atoms with Gasteiger partial charge in [-0.1, -0.05) is 11.6 Å². The molecule has 0 heterocycles. The van der Waals surface area contributed by atoms with E-state index in [1.54, 1.807) is 24.3 Å². The molecule has 0 aliphatic heterocycles. The van der Waals surface area contributed by atoms with Gasteiger partial charge in [-0.2, -0.15) is 0 Å². The molecule has 2 amide bonds. The molecule has 108 valence electrons. The van der Waals surface area contributed by atoms with Gasteiger partial charge in [-0.15, -0.1) is 0 Å². The van der Waals surface area contributed by atoms with Crippen molar-refractivity contribution < 1.29 is 14.0 Å². The third-order valence-electron chi connectivity index (χ3n) is 2.81. The number of amides is 2. The third-order valence-corrected chi connectivity index (χ3v) is 3.04. The lowest BCUT2D eigenvalue weighted by Gasteiger charge is -2.07. The monoisotopic (exact) mass is 306 g/mol. The molecule has 0 atom stereocenters. The molecule has 0 fully saturated rings. The fourth-order valence-corrected chi connectivity index (χ4v) is 1.88. The van der Waals surface area contributed by atoms with Crippen LogP contribution in [0.15, 0.2) is 42.5 Å². The molecule has 0 spiro atoms. The molecular formula is C15H12ClFN2O2. The summed E-state index contributed by atoms with van der Waals surface area (Å²) >= 11 is 5.63. The summed E-state index contributed by atoms with van der Waals surface area (Å²) in [5.74, 6) is -1.50. The predicted molar refractivity (Wildman–Crippen MR) is 79.2 cm³/mol. The Morgan fingerprint density at radius 1 is 1.05 bits per heavy atom. The summed E-state index contributed by atoms with van der Waals surface area (Å²) in [4.78, 5) is 23.3. The number of nitrogens with one attached hydrogen (secondary N) is 2. The number of anilines is 1. The minimum Gasteiger partial charge on any atom is -0.355 e. The van der Waals surface area contributed by atoms with E-state index in [4.69, 9.17) is 11.6 Å². The molecule has 2 aromatic carbocycles. The molecule has 0 saturated heterocycles. The van der Waals surface area contributed by atoms with Gasteiger partial charge < -0.3 is 10.6 Å². The number of hydrogen-bond acceptors (Lipinski definition) is 2. The van der Waals surface area contributed by atoms with Gasteiger partial charge in [-0.3, -0.25) is 9.59 Å². The maximum atomic E-state index is 13.6. The molecule has 0 bridgehead atoms. The first-order chi connectivity index (χ1) is 10.0.